The Balaban J connectivity index is 1.55. The zero-order chi connectivity index (χ0) is 16.7. The average molecular weight is 331 g/mol. The first-order chi connectivity index (χ1) is 11.5. The van der Waals surface area contributed by atoms with Crippen LogP contribution >= 0.6 is 0 Å². The van der Waals surface area contributed by atoms with E-state index in [0.717, 1.165) is 57.7 Å². The van der Waals surface area contributed by atoms with Crippen molar-refractivity contribution in [1.82, 2.24) is 4.90 Å². The summed E-state index contributed by atoms with van der Waals surface area (Å²) in [5.74, 6) is 1.43. The summed E-state index contributed by atoms with van der Waals surface area (Å²) in [6, 6.07) is 6.85. The van der Waals surface area contributed by atoms with Gasteiger partial charge in [0.25, 0.3) is 0 Å². The van der Waals surface area contributed by atoms with Crippen LogP contribution in [0.2, 0.25) is 0 Å². The number of para-hydroxylation sites is 1. The van der Waals surface area contributed by atoms with Crippen molar-refractivity contribution < 1.29 is 14.6 Å². The van der Waals surface area contributed by atoms with Gasteiger partial charge in [-0.3, -0.25) is 4.90 Å². The topological polar surface area (TPSA) is 41.9 Å². The van der Waals surface area contributed by atoms with Gasteiger partial charge in [0.1, 0.15) is 11.4 Å². The second kappa shape index (κ2) is 6.32. The monoisotopic (exact) mass is 331 g/mol. The number of hydrogen-bond donors (Lipinski definition) is 1. The quantitative estimate of drug-likeness (QED) is 0.925. The second-order valence-electron chi connectivity index (χ2n) is 8.22. The normalized spacial score (nSPS) is 32.5. The summed E-state index contributed by atoms with van der Waals surface area (Å²) in [7, 11) is 0. The van der Waals surface area contributed by atoms with Crippen LogP contribution in [0.5, 0.6) is 5.75 Å². The van der Waals surface area contributed by atoms with E-state index >= 15 is 0 Å². The summed E-state index contributed by atoms with van der Waals surface area (Å²) in [6.45, 7) is 7.65. The van der Waals surface area contributed by atoms with Crippen molar-refractivity contribution in [2.75, 3.05) is 19.8 Å². The van der Waals surface area contributed by atoms with Crippen molar-refractivity contribution >= 4 is 0 Å². The number of morpholine rings is 1. The van der Waals surface area contributed by atoms with Crippen LogP contribution in [0.1, 0.15) is 44.2 Å². The molecule has 3 aliphatic rings. The summed E-state index contributed by atoms with van der Waals surface area (Å²) in [4.78, 5) is 2.51. The largest absolute Gasteiger partial charge is 0.487 e. The van der Waals surface area contributed by atoms with E-state index in [0.29, 0.717) is 12.0 Å². The molecule has 2 heterocycles. The van der Waals surface area contributed by atoms with Crippen molar-refractivity contribution in [2.24, 2.45) is 5.92 Å². The second-order valence-corrected chi connectivity index (χ2v) is 8.22. The van der Waals surface area contributed by atoms with E-state index in [1.807, 2.05) is 0 Å². The van der Waals surface area contributed by atoms with Crippen LogP contribution in [-0.2, 0) is 17.7 Å². The number of ether oxygens (including phenoxy) is 2. The van der Waals surface area contributed by atoms with Crippen LogP contribution in [-0.4, -0.2) is 47.5 Å². The van der Waals surface area contributed by atoms with Gasteiger partial charge in [0, 0.05) is 37.0 Å². The van der Waals surface area contributed by atoms with Gasteiger partial charge in [-0.2, -0.15) is 0 Å². The molecule has 2 aliphatic heterocycles. The fourth-order valence-electron chi connectivity index (χ4n) is 4.69. The Hall–Kier alpha value is -1.10. The van der Waals surface area contributed by atoms with Crippen LogP contribution in [0.25, 0.3) is 0 Å². The number of rotatable bonds is 3. The molecule has 1 aromatic rings. The third-order valence-electron chi connectivity index (χ3n) is 5.85. The molecule has 1 N–H and O–H groups in total. The minimum atomic E-state index is -0.170. The van der Waals surface area contributed by atoms with Gasteiger partial charge in [0.15, 0.2) is 0 Å². The molecule has 1 saturated carbocycles. The minimum Gasteiger partial charge on any atom is -0.487 e. The summed E-state index contributed by atoms with van der Waals surface area (Å²) in [5.41, 5.74) is 2.49. The predicted octanol–water partition coefficient (Wildman–Crippen LogP) is 2.76. The molecule has 0 unspecified atom stereocenters. The molecule has 0 spiro atoms. The van der Waals surface area contributed by atoms with Gasteiger partial charge < -0.3 is 14.6 Å². The van der Waals surface area contributed by atoms with Crippen LogP contribution in [0.15, 0.2) is 18.2 Å². The van der Waals surface area contributed by atoms with Crippen LogP contribution < -0.4 is 4.74 Å². The van der Waals surface area contributed by atoms with Crippen molar-refractivity contribution in [3.63, 3.8) is 0 Å². The van der Waals surface area contributed by atoms with Gasteiger partial charge in [-0.15, -0.1) is 0 Å². The first-order valence-electron chi connectivity index (χ1n) is 9.33. The lowest BCUT2D eigenvalue weighted by atomic mass is 9.93. The Morgan fingerprint density at radius 3 is 2.96 bits per heavy atom. The highest BCUT2D eigenvalue weighted by Crippen LogP contribution is 2.39. The smallest absolute Gasteiger partial charge is 0.127 e. The third kappa shape index (κ3) is 3.07. The van der Waals surface area contributed by atoms with Gasteiger partial charge in [-0.25, -0.2) is 0 Å². The first-order valence-corrected chi connectivity index (χ1v) is 9.33. The molecule has 0 amide bonds. The van der Waals surface area contributed by atoms with Gasteiger partial charge in [0.2, 0.25) is 0 Å². The van der Waals surface area contributed by atoms with Crippen molar-refractivity contribution in [3.8, 4) is 5.75 Å². The van der Waals surface area contributed by atoms with E-state index in [-0.39, 0.29) is 11.7 Å². The highest BCUT2D eigenvalue weighted by atomic mass is 16.5. The van der Waals surface area contributed by atoms with Gasteiger partial charge in [0.05, 0.1) is 19.3 Å². The molecule has 132 valence electrons. The van der Waals surface area contributed by atoms with Gasteiger partial charge in [-0.05, 0) is 32.3 Å². The van der Waals surface area contributed by atoms with Crippen LogP contribution in [0, 0.1) is 5.92 Å². The van der Waals surface area contributed by atoms with Crippen LogP contribution in [0.4, 0.5) is 0 Å². The van der Waals surface area contributed by atoms with E-state index in [1.165, 1.54) is 11.1 Å². The summed E-state index contributed by atoms with van der Waals surface area (Å²) < 4.78 is 12.0. The molecule has 24 heavy (non-hydrogen) atoms. The molecule has 0 radical (unpaired) electrons. The number of benzene rings is 1. The molecule has 3 atom stereocenters. The van der Waals surface area contributed by atoms with Crippen molar-refractivity contribution in [2.45, 2.75) is 63.8 Å². The molecule has 2 fully saturated rings. The maximum Gasteiger partial charge on any atom is 0.127 e. The highest BCUT2D eigenvalue weighted by Gasteiger charge is 2.38. The Morgan fingerprint density at radius 1 is 1.29 bits per heavy atom. The molecule has 1 aliphatic carbocycles. The van der Waals surface area contributed by atoms with E-state index in [2.05, 4.69) is 36.9 Å². The lowest BCUT2D eigenvalue weighted by molar-refractivity contribution is -0.0539. The van der Waals surface area contributed by atoms with E-state index < -0.39 is 0 Å². The highest BCUT2D eigenvalue weighted by molar-refractivity contribution is 5.45. The molecule has 4 rings (SSSR count). The number of fused-ring (bicyclic) bond motifs is 1. The maximum absolute atomic E-state index is 10.3. The predicted molar refractivity (Wildman–Crippen MR) is 93.2 cm³/mol. The summed E-state index contributed by atoms with van der Waals surface area (Å²) >= 11 is 0. The maximum atomic E-state index is 10.3. The van der Waals surface area contributed by atoms with Crippen LogP contribution in [0.3, 0.4) is 0 Å². The fourth-order valence-corrected chi connectivity index (χ4v) is 4.69. The standard InChI is InChI=1S/C20H29NO3/c1-20(2)11-14-5-3-6-15(19(14)24-20)12-21-9-10-23-13-17(21)16-7-4-8-18(16)22/h3,5-6,16-18,22H,4,7-13H2,1-2H3/t16-,17+,18-/m0/s1. The molecule has 4 heteroatoms. The van der Waals surface area contributed by atoms with E-state index in [4.69, 9.17) is 9.47 Å². The van der Waals surface area contributed by atoms with Gasteiger partial charge >= 0.3 is 0 Å². The first kappa shape index (κ1) is 16.4. The number of hydrogen-bond acceptors (Lipinski definition) is 4. The molecular weight excluding hydrogens is 302 g/mol. The van der Waals surface area contributed by atoms with E-state index in [1.54, 1.807) is 0 Å². The molecule has 4 nitrogen and oxygen atoms in total. The zero-order valence-electron chi connectivity index (χ0n) is 14.8. The van der Waals surface area contributed by atoms with Crippen molar-refractivity contribution in [3.05, 3.63) is 29.3 Å². The lowest BCUT2D eigenvalue weighted by Crippen LogP contribution is -2.50. The number of nitrogens with zero attached hydrogens (tertiary/aromatic N) is 1. The Labute approximate surface area is 144 Å². The summed E-state index contributed by atoms with van der Waals surface area (Å²) in [5, 5.41) is 10.3. The molecule has 1 aromatic carbocycles. The fraction of sp³-hybridized carbons (Fsp3) is 0.700. The average Bonchev–Trinajstić information content (AvgIpc) is 3.10. The van der Waals surface area contributed by atoms with E-state index in [9.17, 15) is 5.11 Å². The Bertz CT molecular complexity index is 601. The molecule has 0 bridgehead atoms. The zero-order valence-corrected chi connectivity index (χ0v) is 14.8. The van der Waals surface area contributed by atoms with Gasteiger partial charge in [-0.1, -0.05) is 24.6 Å². The Kier molecular flexibility index (Phi) is 4.31. The molecular formula is C20H29NO3. The lowest BCUT2D eigenvalue weighted by Gasteiger charge is -2.40. The SMILES string of the molecule is CC1(C)Cc2cccc(CN3CCOC[C@@H]3[C@@H]3CCC[C@@H]3O)c2O1. The molecule has 0 aromatic heterocycles. The van der Waals surface area contributed by atoms with Crippen molar-refractivity contribution in [1.29, 1.82) is 0 Å². The third-order valence-corrected chi connectivity index (χ3v) is 5.85. The Morgan fingerprint density at radius 2 is 2.17 bits per heavy atom. The summed E-state index contributed by atoms with van der Waals surface area (Å²) in [6.07, 6.45) is 3.99. The number of aliphatic hydroxyl groups excluding tert-OH is 1. The molecule has 1 saturated heterocycles. The minimum absolute atomic E-state index is 0.107. The number of aliphatic hydroxyl groups is 1.